The molecule has 0 saturated carbocycles. The minimum absolute atomic E-state index is 0.113. The fourth-order valence-corrected chi connectivity index (χ4v) is 2.26. The summed E-state index contributed by atoms with van der Waals surface area (Å²) >= 11 is 0. The van der Waals surface area contributed by atoms with E-state index in [2.05, 4.69) is 15.5 Å². The zero-order chi connectivity index (χ0) is 16.9. The SMILES string of the molecule is COc1ccc(-c2cc(C(=O)NCc3ccccc3F)[nH]n2)cc1. The normalized spacial score (nSPS) is 10.4. The van der Waals surface area contributed by atoms with Gasteiger partial charge in [0.15, 0.2) is 0 Å². The van der Waals surface area contributed by atoms with Crippen molar-refractivity contribution in [1.82, 2.24) is 15.5 Å². The topological polar surface area (TPSA) is 67.0 Å². The lowest BCUT2D eigenvalue weighted by Crippen LogP contribution is -2.23. The molecular weight excluding hydrogens is 309 g/mol. The molecule has 2 aromatic carbocycles. The Bertz CT molecular complexity index is 843. The summed E-state index contributed by atoms with van der Waals surface area (Å²) in [4.78, 5) is 12.1. The Balaban J connectivity index is 1.68. The molecule has 3 rings (SSSR count). The number of H-pyrrole nitrogens is 1. The van der Waals surface area contributed by atoms with Crippen LogP contribution in [0, 0.1) is 5.82 Å². The first kappa shape index (κ1) is 15.7. The largest absolute Gasteiger partial charge is 0.497 e. The number of hydrogen-bond acceptors (Lipinski definition) is 3. The first-order chi connectivity index (χ1) is 11.7. The number of nitrogens with zero attached hydrogens (tertiary/aromatic N) is 1. The summed E-state index contributed by atoms with van der Waals surface area (Å²) in [5, 5.41) is 9.50. The molecule has 0 fully saturated rings. The van der Waals surface area contributed by atoms with Crippen LogP contribution in [-0.2, 0) is 6.54 Å². The first-order valence-corrected chi connectivity index (χ1v) is 7.39. The first-order valence-electron chi connectivity index (χ1n) is 7.39. The van der Waals surface area contributed by atoms with Crippen LogP contribution < -0.4 is 10.1 Å². The molecule has 6 heteroatoms. The average Bonchev–Trinajstić information content (AvgIpc) is 3.11. The lowest BCUT2D eigenvalue weighted by Gasteiger charge is -2.04. The highest BCUT2D eigenvalue weighted by molar-refractivity contribution is 5.93. The number of nitrogens with one attached hydrogen (secondary N) is 2. The predicted octanol–water partition coefficient (Wildman–Crippen LogP) is 3.15. The van der Waals surface area contributed by atoms with E-state index in [4.69, 9.17) is 4.74 Å². The molecule has 0 saturated heterocycles. The van der Waals surface area contributed by atoms with Gasteiger partial charge in [-0.3, -0.25) is 9.89 Å². The minimum Gasteiger partial charge on any atom is -0.497 e. The van der Waals surface area contributed by atoms with E-state index >= 15 is 0 Å². The Hall–Kier alpha value is -3.15. The smallest absolute Gasteiger partial charge is 0.269 e. The molecule has 3 aromatic rings. The number of benzene rings is 2. The van der Waals surface area contributed by atoms with E-state index in [0.717, 1.165) is 11.3 Å². The highest BCUT2D eigenvalue weighted by Crippen LogP contribution is 2.21. The van der Waals surface area contributed by atoms with Gasteiger partial charge < -0.3 is 10.1 Å². The maximum atomic E-state index is 13.5. The number of aromatic nitrogens is 2. The fourth-order valence-electron chi connectivity index (χ4n) is 2.26. The Labute approximate surface area is 138 Å². The zero-order valence-corrected chi connectivity index (χ0v) is 13.0. The number of hydrogen-bond donors (Lipinski definition) is 2. The molecule has 1 amide bonds. The lowest BCUT2D eigenvalue weighted by molar-refractivity contribution is 0.0945. The fraction of sp³-hybridized carbons (Fsp3) is 0.111. The van der Waals surface area contributed by atoms with Gasteiger partial charge in [0.25, 0.3) is 5.91 Å². The number of aromatic amines is 1. The van der Waals surface area contributed by atoms with Gasteiger partial charge in [0.1, 0.15) is 17.3 Å². The molecule has 0 atom stereocenters. The molecule has 0 aliphatic carbocycles. The van der Waals surface area contributed by atoms with Crippen LogP contribution >= 0.6 is 0 Å². The standard InChI is InChI=1S/C18H16FN3O2/c1-24-14-8-6-12(7-9-14)16-10-17(22-21-16)18(23)20-11-13-4-2-3-5-15(13)19/h2-10H,11H2,1H3,(H,20,23)(H,21,22). The molecule has 122 valence electrons. The van der Waals surface area contributed by atoms with E-state index in [1.54, 1.807) is 31.4 Å². The second kappa shape index (κ2) is 6.95. The van der Waals surface area contributed by atoms with Crippen LogP contribution in [-0.4, -0.2) is 23.2 Å². The molecule has 0 bridgehead atoms. The highest BCUT2D eigenvalue weighted by Gasteiger charge is 2.11. The second-order valence-electron chi connectivity index (χ2n) is 5.17. The number of halogens is 1. The maximum Gasteiger partial charge on any atom is 0.269 e. The van der Waals surface area contributed by atoms with Crippen LogP contribution in [0.1, 0.15) is 16.1 Å². The van der Waals surface area contributed by atoms with E-state index in [-0.39, 0.29) is 18.3 Å². The third-order valence-electron chi connectivity index (χ3n) is 3.61. The van der Waals surface area contributed by atoms with Crippen molar-refractivity contribution in [3.05, 3.63) is 71.7 Å². The molecular formula is C18H16FN3O2. The number of carbonyl (C=O) groups is 1. The monoisotopic (exact) mass is 325 g/mol. The van der Waals surface area contributed by atoms with Gasteiger partial charge in [-0.15, -0.1) is 0 Å². The molecule has 2 N–H and O–H groups in total. The summed E-state index contributed by atoms with van der Waals surface area (Å²) in [7, 11) is 1.60. The molecule has 0 spiro atoms. The van der Waals surface area contributed by atoms with Crippen molar-refractivity contribution in [2.24, 2.45) is 0 Å². The van der Waals surface area contributed by atoms with Crippen molar-refractivity contribution in [2.45, 2.75) is 6.54 Å². The molecule has 1 heterocycles. The lowest BCUT2D eigenvalue weighted by atomic mass is 10.1. The van der Waals surface area contributed by atoms with Gasteiger partial charge in [0, 0.05) is 17.7 Å². The van der Waals surface area contributed by atoms with Gasteiger partial charge in [-0.05, 0) is 36.4 Å². The third kappa shape index (κ3) is 3.43. The van der Waals surface area contributed by atoms with Gasteiger partial charge in [-0.25, -0.2) is 4.39 Å². The molecule has 24 heavy (non-hydrogen) atoms. The Kier molecular flexibility index (Phi) is 4.56. The summed E-state index contributed by atoms with van der Waals surface area (Å²) in [6.07, 6.45) is 0. The zero-order valence-electron chi connectivity index (χ0n) is 13.0. The number of rotatable bonds is 5. The molecule has 0 unspecified atom stereocenters. The van der Waals surface area contributed by atoms with Crippen LogP contribution in [0.15, 0.2) is 54.6 Å². The molecule has 0 aliphatic heterocycles. The number of methoxy groups -OCH3 is 1. The van der Waals surface area contributed by atoms with Crippen molar-refractivity contribution in [2.75, 3.05) is 7.11 Å². The molecule has 5 nitrogen and oxygen atoms in total. The number of ether oxygens (including phenoxy) is 1. The summed E-state index contributed by atoms with van der Waals surface area (Å²) in [5.41, 5.74) is 2.26. The Morgan fingerprint density at radius 3 is 2.67 bits per heavy atom. The molecule has 0 radical (unpaired) electrons. The van der Waals surface area contributed by atoms with Crippen LogP contribution in [0.5, 0.6) is 5.75 Å². The summed E-state index contributed by atoms with van der Waals surface area (Å²) in [6.45, 7) is 0.113. The van der Waals surface area contributed by atoms with Gasteiger partial charge in [0.2, 0.25) is 0 Å². The quantitative estimate of drug-likeness (QED) is 0.757. The summed E-state index contributed by atoms with van der Waals surface area (Å²) in [5.74, 6) is 0.0592. The Morgan fingerprint density at radius 2 is 1.96 bits per heavy atom. The minimum atomic E-state index is -0.346. The van der Waals surface area contributed by atoms with Crippen LogP contribution in [0.3, 0.4) is 0 Å². The van der Waals surface area contributed by atoms with Crippen LogP contribution in [0.4, 0.5) is 4.39 Å². The van der Waals surface area contributed by atoms with E-state index in [9.17, 15) is 9.18 Å². The van der Waals surface area contributed by atoms with E-state index in [0.29, 0.717) is 17.0 Å². The van der Waals surface area contributed by atoms with Gasteiger partial charge in [-0.2, -0.15) is 5.10 Å². The second-order valence-corrected chi connectivity index (χ2v) is 5.17. The van der Waals surface area contributed by atoms with E-state index in [1.807, 2.05) is 24.3 Å². The van der Waals surface area contributed by atoms with Crippen molar-refractivity contribution >= 4 is 5.91 Å². The van der Waals surface area contributed by atoms with Crippen molar-refractivity contribution < 1.29 is 13.9 Å². The number of amides is 1. The van der Waals surface area contributed by atoms with Crippen molar-refractivity contribution in [3.63, 3.8) is 0 Å². The predicted molar refractivity (Wildman–Crippen MR) is 88.1 cm³/mol. The van der Waals surface area contributed by atoms with Gasteiger partial charge >= 0.3 is 0 Å². The van der Waals surface area contributed by atoms with Crippen LogP contribution in [0.2, 0.25) is 0 Å². The molecule has 1 aromatic heterocycles. The Morgan fingerprint density at radius 1 is 1.21 bits per heavy atom. The van der Waals surface area contributed by atoms with Crippen molar-refractivity contribution in [1.29, 1.82) is 0 Å². The number of carbonyl (C=O) groups excluding carboxylic acids is 1. The van der Waals surface area contributed by atoms with E-state index in [1.165, 1.54) is 6.07 Å². The van der Waals surface area contributed by atoms with Crippen molar-refractivity contribution in [3.8, 4) is 17.0 Å². The average molecular weight is 325 g/mol. The maximum absolute atomic E-state index is 13.5. The third-order valence-corrected chi connectivity index (χ3v) is 3.61. The van der Waals surface area contributed by atoms with Gasteiger partial charge in [0.05, 0.1) is 12.8 Å². The van der Waals surface area contributed by atoms with Gasteiger partial charge in [-0.1, -0.05) is 18.2 Å². The van der Waals surface area contributed by atoms with Crippen LogP contribution in [0.25, 0.3) is 11.3 Å². The summed E-state index contributed by atoms with van der Waals surface area (Å²) < 4.78 is 18.7. The van der Waals surface area contributed by atoms with E-state index < -0.39 is 0 Å². The molecule has 0 aliphatic rings. The highest BCUT2D eigenvalue weighted by atomic mass is 19.1. The summed E-state index contributed by atoms with van der Waals surface area (Å²) in [6, 6.07) is 15.3.